The Kier molecular flexibility index (Phi) is 7.41. The second-order valence-corrected chi connectivity index (χ2v) is 7.28. The predicted octanol–water partition coefficient (Wildman–Crippen LogP) is 4.59. The molecule has 0 saturated heterocycles. The van der Waals surface area contributed by atoms with E-state index in [-0.39, 0.29) is 6.42 Å². The number of aldehydes is 1. The fourth-order valence-corrected chi connectivity index (χ4v) is 2.42. The molecule has 1 amide bonds. The molecular formula is C22H27NO4. The molecule has 0 aliphatic rings. The van der Waals surface area contributed by atoms with Crippen LogP contribution in [-0.4, -0.2) is 29.4 Å². The van der Waals surface area contributed by atoms with Crippen molar-refractivity contribution in [1.82, 2.24) is 4.90 Å². The average Bonchev–Trinajstić information content (AvgIpc) is 2.64. The van der Waals surface area contributed by atoms with Gasteiger partial charge in [0.1, 0.15) is 24.2 Å². The molecule has 5 nitrogen and oxygen atoms in total. The Balaban J connectivity index is 1.96. The number of amides is 1. The standard InChI is InChI=1S/C22H27NO4/c1-22(2,3)27-21(25)23(14-7-15-24)16-18-10-12-20(13-11-18)26-17-19-8-5-4-6-9-19/h4-6,8-13,15H,7,14,16-17H2,1-3H3. The highest BCUT2D eigenvalue weighted by Gasteiger charge is 2.22. The van der Waals surface area contributed by atoms with Gasteiger partial charge in [0.15, 0.2) is 0 Å². The molecule has 0 saturated carbocycles. The van der Waals surface area contributed by atoms with Gasteiger partial charge in [-0.25, -0.2) is 4.79 Å². The maximum Gasteiger partial charge on any atom is 0.410 e. The minimum absolute atomic E-state index is 0.275. The van der Waals surface area contributed by atoms with Crippen LogP contribution in [0.4, 0.5) is 4.79 Å². The van der Waals surface area contributed by atoms with Crippen molar-refractivity contribution in [3.63, 3.8) is 0 Å². The van der Waals surface area contributed by atoms with Gasteiger partial charge < -0.3 is 19.2 Å². The molecule has 0 heterocycles. The van der Waals surface area contributed by atoms with Crippen LogP contribution < -0.4 is 4.74 Å². The maximum atomic E-state index is 12.4. The van der Waals surface area contributed by atoms with Crippen LogP contribution in [0.15, 0.2) is 54.6 Å². The van der Waals surface area contributed by atoms with E-state index in [4.69, 9.17) is 9.47 Å². The topological polar surface area (TPSA) is 55.8 Å². The average molecular weight is 369 g/mol. The molecule has 144 valence electrons. The number of ether oxygens (including phenoxy) is 2. The number of nitrogens with zero attached hydrogens (tertiary/aromatic N) is 1. The Morgan fingerprint density at radius 1 is 1.00 bits per heavy atom. The summed E-state index contributed by atoms with van der Waals surface area (Å²) in [5.41, 5.74) is 1.47. The van der Waals surface area contributed by atoms with Crippen LogP contribution >= 0.6 is 0 Å². The zero-order valence-corrected chi connectivity index (χ0v) is 16.2. The molecule has 27 heavy (non-hydrogen) atoms. The molecule has 0 unspecified atom stereocenters. The molecule has 2 aromatic rings. The summed E-state index contributed by atoms with van der Waals surface area (Å²) in [6, 6.07) is 17.5. The molecule has 2 aromatic carbocycles. The first-order valence-electron chi connectivity index (χ1n) is 9.04. The molecule has 0 aromatic heterocycles. The zero-order valence-electron chi connectivity index (χ0n) is 16.2. The summed E-state index contributed by atoms with van der Waals surface area (Å²) in [7, 11) is 0. The molecule has 0 bridgehead atoms. The number of carbonyl (C=O) groups excluding carboxylic acids is 2. The summed E-state index contributed by atoms with van der Waals surface area (Å²) in [4.78, 5) is 24.6. The highest BCUT2D eigenvalue weighted by atomic mass is 16.6. The van der Waals surface area contributed by atoms with Crippen molar-refractivity contribution in [2.45, 2.75) is 45.9 Å². The van der Waals surface area contributed by atoms with Gasteiger partial charge in [0.25, 0.3) is 0 Å². The Bertz CT molecular complexity index is 720. The van der Waals surface area contributed by atoms with Crippen molar-refractivity contribution in [2.24, 2.45) is 0 Å². The van der Waals surface area contributed by atoms with E-state index in [1.165, 1.54) is 0 Å². The molecular weight excluding hydrogens is 342 g/mol. The Hall–Kier alpha value is -2.82. The number of rotatable bonds is 8. The fourth-order valence-electron chi connectivity index (χ4n) is 2.42. The second kappa shape index (κ2) is 9.76. The molecule has 2 rings (SSSR count). The smallest absolute Gasteiger partial charge is 0.410 e. The Labute approximate surface area is 160 Å². The lowest BCUT2D eigenvalue weighted by atomic mass is 10.2. The minimum Gasteiger partial charge on any atom is -0.489 e. The summed E-state index contributed by atoms with van der Waals surface area (Å²) in [5.74, 6) is 0.763. The second-order valence-electron chi connectivity index (χ2n) is 7.28. The lowest BCUT2D eigenvalue weighted by Crippen LogP contribution is -2.37. The van der Waals surface area contributed by atoms with Gasteiger partial charge in [-0.3, -0.25) is 0 Å². The normalized spacial score (nSPS) is 10.9. The van der Waals surface area contributed by atoms with Crippen LogP contribution in [0.3, 0.4) is 0 Å². The first kappa shape index (κ1) is 20.5. The number of hydrogen-bond donors (Lipinski definition) is 0. The van der Waals surface area contributed by atoms with Crippen molar-refractivity contribution in [3.8, 4) is 5.75 Å². The van der Waals surface area contributed by atoms with E-state index < -0.39 is 11.7 Å². The molecule has 0 aliphatic heterocycles. The van der Waals surface area contributed by atoms with E-state index in [0.29, 0.717) is 19.7 Å². The lowest BCUT2D eigenvalue weighted by molar-refractivity contribution is -0.108. The third-order valence-electron chi connectivity index (χ3n) is 3.71. The Morgan fingerprint density at radius 3 is 2.26 bits per heavy atom. The SMILES string of the molecule is CC(C)(C)OC(=O)N(CCC=O)Cc1ccc(OCc2ccccc2)cc1. The van der Waals surface area contributed by atoms with Gasteiger partial charge in [-0.15, -0.1) is 0 Å². The zero-order chi connectivity index (χ0) is 19.7. The molecule has 0 radical (unpaired) electrons. The molecule has 0 spiro atoms. The first-order valence-corrected chi connectivity index (χ1v) is 9.04. The van der Waals surface area contributed by atoms with E-state index in [9.17, 15) is 9.59 Å². The van der Waals surface area contributed by atoms with Crippen LogP contribution in [-0.2, 0) is 22.7 Å². The predicted molar refractivity (Wildman–Crippen MR) is 105 cm³/mol. The molecule has 5 heteroatoms. The van der Waals surface area contributed by atoms with Crippen LogP contribution in [0.5, 0.6) is 5.75 Å². The van der Waals surface area contributed by atoms with E-state index in [1.807, 2.05) is 75.4 Å². The quantitative estimate of drug-likeness (QED) is 0.639. The molecule has 0 atom stereocenters. The van der Waals surface area contributed by atoms with Crippen LogP contribution in [0.25, 0.3) is 0 Å². The van der Waals surface area contributed by atoms with Crippen LogP contribution in [0, 0.1) is 0 Å². The van der Waals surface area contributed by atoms with Crippen molar-refractivity contribution in [3.05, 3.63) is 65.7 Å². The van der Waals surface area contributed by atoms with E-state index >= 15 is 0 Å². The van der Waals surface area contributed by atoms with Gasteiger partial charge in [-0.05, 0) is 44.0 Å². The Morgan fingerprint density at radius 2 is 1.67 bits per heavy atom. The first-order chi connectivity index (χ1) is 12.9. The van der Waals surface area contributed by atoms with Crippen LogP contribution in [0.1, 0.15) is 38.3 Å². The highest BCUT2D eigenvalue weighted by Crippen LogP contribution is 2.17. The summed E-state index contributed by atoms with van der Waals surface area (Å²) >= 11 is 0. The van der Waals surface area contributed by atoms with Gasteiger partial charge in [0, 0.05) is 19.5 Å². The van der Waals surface area contributed by atoms with Gasteiger partial charge >= 0.3 is 6.09 Å². The maximum absolute atomic E-state index is 12.4. The fraction of sp³-hybridized carbons (Fsp3) is 0.364. The number of hydrogen-bond acceptors (Lipinski definition) is 4. The minimum atomic E-state index is -0.578. The molecule has 0 fully saturated rings. The summed E-state index contributed by atoms with van der Waals surface area (Å²) in [6.45, 7) is 6.67. The van der Waals surface area contributed by atoms with Crippen molar-refractivity contribution in [1.29, 1.82) is 0 Å². The monoisotopic (exact) mass is 369 g/mol. The third kappa shape index (κ3) is 7.52. The highest BCUT2D eigenvalue weighted by molar-refractivity contribution is 5.68. The van der Waals surface area contributed by atoms with Crippen molar-refractivity contribution >= 4 is 12.4 Å². The third-order valence-corrected chi connectivity index (χ3v) is 3.71. The van der Waals surface area contributed by atoms with Gasteiger partial charge in [-0.2, -0.15) is 0 Å². The number of carbonyl (C=O) groups is 2. The molecule has 0 N–H and O–H groups in total. The summed E-state index contributed by atoms with van der Waals surface area (Å²) < 4.78 is 11.2. The van der Waals surface area contributed by atoms with Crippen molar-refractivity contribution in [2.75, 3.05) is 6.54 Å². The van der Waals surface area contributed by atoms with Crippen LogP contribution in [0.2, 0.25) is 0 Å². The lowest BCUT2D eigenvalue weighted by Gasteiger charge is -2.27. The van der Waals surface area contributed by atoms with E-state index in [1.54, 1.807) is 4.90 Å². The summed E-state index contributed by atoms with van der Waals surface area (Å²) in [5, 5.41) is 0. The van der Waals surface area contributed by atoms with Gasteiger partial charge in [0.05, 0.1) is 0 Å². The number of benzene rings is 2. The van der Waals surface area contributed by atoms with Gasteiger partial charge in [0.2, 0.25) is 0 Å². The van der Waals surface area contributed by atoms with Gasteiger partial charge in [-0.1, -0.05) is 42.5 Å². The molecule has 0 aliphatic carbocycles. The summed E-state index contributed by atoms with van der Waals surface area (Å²) in [6.07, 6.45) is 0.656. The largest absolute Gasteiger partial charge is 0.489 e. The van der Waals surface area contributed by atoms with E-state index in [2.05, 4.69) is 0 Å². The van der Waals surface area contributed by atoms with Crippen molar-refractivity contribution < 1.29 is 19.1 Å². The van der Waals surface area contributed by atoms with E-state index in [0.717, 1.165) is 23.2 Å².